The Labute approximate surface area is 246 Å². The lowest BCUT2D eigenvalue weighted by atomic mass is 9.83. The number of pyridine rings is 1. The molecule has 0 unspecified atom stereocenters. The molecule has 9 rings (SSSR count). The largest absolute Gasteiger partial charge is 0.478 e. The molecule has 6 heterocycles. The maximum absolute atomic E-state index is 13.9. The molecule has 3 saturated heterocycles. The number of carbonyl (C=O) groups is 1. The van der Waals surface area contributed by atoms with Gasteiger partial charge < -0.3 is 29.9 Å². The van der Waals surface area contributed by atoms with Crippen LogP contribution in [0.1, 0.15) is 23.2 Å². The van der Waals surface area contributed by atoms with Gasteiger partial charge >= 0.3 is 5.97 Å². The fourth-order valence-corrected chi connectivity index (χ4v) is 6.73. The van der Waals surface area contributed by atoms with Crippen LogP contribution in [0.25, 0.3) is 50.1 Å². The third kappa shape index (κ3) is 4.38. The van der Waals surface area contributed by atoms with Gasteiger partial charge in [-0.3, -0.25) is 4.79 Å². The molecule has 3 aromatic heterocycles. The molecule has 2 bridgehead atoms. The van der Waals surface area contributed by atoms with Crippen LogP contribution in [0, 0.1) is 5.92 Å². The van der Waals surface area contributed by atoms with Crippen LogP contribution >= 0.6 is 0 Å². The zero-order chi connectivity index (χ0) is 29.1. The number of hydrogen-bond acceptors (Lipinski definition) is 6. The Kier molecular flexibility index (Phi) is 5.90. The van der Waals surface area contributed by atoms with Crippen molar-refractivity contribution >= 4 is 33.6 Å². The van der Waals surface area contributed by atoms with Crippen LogP contribution in [0.2, 0.25) is 0 Å². The lowest BCUT2D eigenvalue weighted by molar-refractivity contribution is 0.0697. The van der Waals surface area contributed by atoms with Gasteiger partial charge in [-0.2, -0.15) is 0 Å². The first kappa shape index (κ1) is 25.5. The SMILES string of the molecule is O=C(O)c1ccc(-c2cc3c(N[C@H]4CN5CCC4CC5)c(-c4nc5ccccc5[nH]4)c(=O)[nH]c3cc2-n2ccnc2)cc1. The number of benzene rings is 3. The number of fused-ring (bicyclic) bond motifs is 5. The number of nitrogens with one attached hydrogen (secondary N) is 3. The predicted molar refractivity (Wildman–Crippen MR) is 166 cm³/mol. The number of aromatic nitrogens is 5. The van der Waals surface area contributed by atoms with Gasteiger partial charge in [-0.25, -0.2) is 14.8 Å². The third-order valence-corrected chi connectivity index (χ3v) is 8.97. The summed E-state index contributed by atoms with van der Waals surface area (Å²) >= 11 is 0. The number of H-pyrrole nitrogens is 2. The summed E-state index contributed by atoms with van der Waals surface area (Å²) in [5.74, 6) is 0.0623. The van der Waals surface area contributed by atoms with Gasteiger partial charge in [0.1, 0.15) is 11.4 Å². The molecule has 214 valence electrons. The summed E-state index contributed by atoms with van der Waals surface area (Å²) in [5.41, 5.74) is 6.08. The molecule has 0 spiro atoms. The number of hydrogen-bond donors (Lipinski definition) is 4. The van der Waals surface area contributed by atoms with Crippen LogP contribution in [0.5, 0.6) is 0 Å². The minimum absolute atomic E-state index is 0.197. The molecule has 3 aliphatic heterocycles. The highest BCUT2D eigenvalue weighted by atomic mass is 16.4. The van der Waals surface area contributed by atoms with E-state index < -0.39 is 5.97 Å². The second-order valence-electron chi connectivity index (χ2n) is 11.5. The van der Waals surface area contributed by atoms with Crippen LogP contribution in [-0.4, -0.2) is 66.2 Å². The average Bonchev–Trinajstić information content (AvgIpc) is 3.72. The van der Waals surface area contributed by atoms with E-state index in [9.17, 15) is 14.7 Å². The second kappa shape index (κ2) is 9.95. The summed E-state index contributed by atoms with van der Waals surface area (Å²) < 4.78 is 1.89. The number of aromatic carboxylic acids is 1. The Hall–Kier alpha value is -5.22. The highest BCUT2D eigenvalue weighted by Crippen LogP contribution is 2.39. The van der Waals surface area contributed by atoms with Gasteiger partial charge in [0.25, 0.3) is 5.56 Å². The minimum Gasteiger partial charge on any atom is -0.478 e. The van der Waals surface area contributed by atoms with Crippen molar-refractivity contribution in [3.63, 3.8) is 0 Å². The summed E-state index contributed by atoms with van der Waals surface area (Å²) in [5, 5.41) is 14.2. The number of rotatable bonds is 6. The summed E-state index contributed by atoms with van der Waals surface area (Å²) in [7, 11) is 0. The van der Waals surface area contributed by atoms with Crippen molar-refractivity contribution in [3.8, 4) is 28.2 Å². The Morgan fingerprint density at radius 2 is 1.81 bits per heavy atom. The lowest BCUT2D eigenvalue weighted by Gasteiger charge is -2.45. The smallest absolute Gasteiger partial charge is 0.335 e. The highest BCUT2D eigenvalue weighted by Gasteiger charge is 2.35. The predicted octanol–water partition coefficient (Wildman–Crippen LogP) is 5.13. The van der Waals surface area contributed by atoms with Crippen molar-refractivity contribution in [2.45, 2.75) is 18.9 Å². The van der Waals surface area contributed by atoms with Crippen molar-refractivity contribution in [1.82, 2.24) is 29.4 Å². The fraction of sp³-hybridized carbons (Fsp3) is 0.212. The molecule has 1 atom stereocenters. The minimum atomic E-state index is -0.975. The molecule has 10 nitrogen and oxygen atoms in total. The number of aromatic amines is 2. The maximum Gasteiger partial charge on any atom is 0.335 e. The first-order valence-corrected chi connectivity index (χ1v) is 14.5. The van der Waals surface area contributed by atoms with Crippen LogP contribution in [-0.2, 0) is 0 Å². The normalized spacial score (nSPS) is 19.7. The van der Waals surface area contributed by atoms with Crippen molar-refractivity contribution in [2.75, 3.05) is 25.0 Å². The second-order valence-corrected chi connectivity index (χ2v) is 11.5. The van der Waals surface area contributed by atoms with Crippen molar-refractivity contribution in [1.29, 1.82) is 0 Å². The molecule has 10 heteroatoms. The molecule has 3 aliphatic rings. The van der Waals surface area contributed by atoms with E-state index in [-0.39, 0.29) is 17.2 Å². The van der Waals surface area contributed by atoms with Crippen molar-refractivity contribution in [2.24, 2.45) is 5.92 Å². The Morgan fingerprint density at radius 1 is 1.00 bits per heavy atom. The van der Waals surface area contributed by atoms with E-state index in [4.69, 9.17) is 4.98 Å². The molecule has 0 aliphatic carbocycles. The van der Waals surface area contributed by atoms with E-state index >= 15 is 0 Å². The molecular weight excluding hydrogens is 542 g/mol. The van der Waals surface area contributed by atoms with E-state index in [1.807, 2.05) is 53.2 Å². The van der Waals surface area contributed by atoms with Gasteiger partial charge in [0, 0.05) is 35.9 Å². The first-order valence-electron chi connectivity index (χ1n) is 14.5. The van der Waals surface area contributed by atoms with E-state index in [0.29, 0.717) is 22.8 Å². The molecule has 6 aromatic rings. The summed E-state index contributed by atoms with van der Waals surface area (Å²) in [6, 6.07) is 18.9. The Balaban J connectivity index is 1.38. The molecule has 4 N–H and O–H groups in total. The standard InChI is InChI=1S/C33H29N7O3/c41-32-29(31-36-24-3-1-2-4-25(24)37-31)30(35-27-17-39-12-9-20(27)10-13-39)23-15-22(19-5-7-21(8-6-19)33(42)43)28(16-26(23)38-32)40-14-11-34-18-40/h1-8,11,14-16,18,20,27H,9-10,12-13,17H2,(H,36,37)(H,42,43)(H2,35,38,41)/t27-/m0/s1. The van der Waals surface area contributed by atoms with E-state index in [1.165, 1.54) is 0 Å². The quantitative estimate of drug-likeness (QED) is 0.218. The fourth-order valence-electron chi connectivity index (χ4n) is 6.73. The molecule has 3 fully saturated rings. The van der Waals surface area contributed by atoms with Crippen molar-refractivity contribution in [3.05, 3.63) is 95.3 Å². The molecule has 0 amide bonds. The first-order chi connectivity index (χ1) is 21.0. The van der Waals surface area contributed by atoms with Gasteiger partial charge in [-0.05, 0) is 73.8 Å². The molecule has 43 heavy (non-hydrogen) atoms. The van der Waals surface area contributed by atoms with E-state index in [1.54, 1.807) is 24.7 Å². The van der Waals surface area contributed by atoms with Gasteiger partial charge in [-0.15, -0.1) is 0 Å². The van der Waals surface area contributed by atoms with E-state index in [2.05, 4.69) is 31.2 Å². The number of anilines is 1. The zero-order valence-corrected chi connectivity index (χ0v) is 23.2. The van der Waals surface area contributed by atoms with Gasteiger partial charge in [0.05, 0.1) is 39.8 Å². The molecule has 3 aromatic carbocycles. The van der Waals surface area contributed by atoms with Gasteiger partial charge in [0.2, 0.25) is 0 Å². The highest BCUT2D eigenvalue weighted by molar-refractivity contribution is 6.03. The van der Waals surface area contributed by atoms with Crippen LogP contribution < -0.4 is 10.9 Å². The molecular formula is C33H29N7O3. The number of para-hydroxylation sites is 2. The van der Waals surface area contributed by atoms with Gasteiger partial charge in [-0.1, -0.05) is 24.3 Å². The summed E-state index contributed by atoms with van der Waals surface area (Å²) in [6.07, 6.45) is 7.53. The number of nitrogens with zero attached hydrogens (tertiary/aromatic N) is 4. The Bertz CT molecular complexity index is 2020. The Morgan fingerprint density at radius 3 is 2.51 bits per heavy atom. The number of piperidine rings is 3. The molecule has 0 saturated carbocycles. The van der Waals surface area contributed by atoms with Crippen LogP contribution in [0.4, 0.5) is 5.69 Å². The number of imidazole rings is 2. The van der Waals surface area contributed by atoms with E-state index in [0.717, 1.165) is 71.4 Å². The lowest BCUT2D eigenvalue weighted by Crippen LogP contribution is -2.53. The summed E-state index contributed by atoms with van der Waals surface area (Å²) in [6.45, 7) is 3.15. The topological polar surface area (TPSA) is 132 Å². The molecule has 0 radical (unpaired) electrons. The van der Waals surface area contributed by atoms with Crippen LogP contribution in [0.3, 0.4) is 0 Å². The monoisotopic (exact) mass is 571 g/mol. The number of carboxylic acids is 1. The zero-order valence-electron chi connectivity index (χ0n) is 23.2. The number of carboxylic acid groups (broad SMARTS) is 1. The third-order valence-electron chi connectivity index (χ3n) is 8.97. The van der Waals surface area contributed by atoms with Crippen LogP contribution in [0.15, 0.2) is 84.2 Å². The average molecular weight is 572 g/mol. The maximum atomic E-state index is 13.9. The summed E-state index contributed by atoms with van der Waals surface area (Å²) in [4.78, 5) is 43.6. The van der Waals surface area contributed by atoms with Crippen molar-refractivity contribution < 1.29 is 9.90 Å². The van der Waals surface area contributed by atoms with Gasteiger partial charge in [0.15, 0.2) is 0 Å².